The fourth-order valence-electron chi connectivity index (χ4n) is 1.01. The number of hydrogen-bond acceptors (Lipinski definition) is 1. The Morgan fingerprint density at radius 1 is 1.36 bits per heavy atom. The standard InChI is InChI=1S/C12H15ClO/c1-11(9-13)7-8-14-10-12-5-3-2-4-6-12/h2-7H,8-10H2,1H3/b11-7-. The van der Waals surface area contributed by atoms with Gasteiger partial charge >= 0.3 is 0 Å². The van der Waals surface area contributed by atoms with Crippen molar-refractivity contribution in [1.29, 1.82) is 0 Å². The SMILES string of the molecule is C/C(=C/COCc1ccccc1)CCl. The molecule has 0 saturated heterocycles. The molecule has 0 amide bonds. The summed E-state index contributed by atoms with van der Waals surface area (Å²) in [5.74, 6) is 0.578. The number of ether oxygens (including phenoxy) is 1. The zero-order valence-corrected chi connectivity index (χ0v) is 9.13. The van der Waals surface area contributed by atoms with E-state index in [1.807, 2.05) is 31.2 Å². The average Bonchev–Trinajstić information content (AvgIpc) is 2.25. The van der Waals surface area contributed by atoms with E-state index >= 15 is 0 Å². The molecule has 0 aliphatic carbocycles. The second-order valence-electron chi connectivity index (χ2n) is 3.18. The molecule has 1 rings (SSSR count). The first-order valence-corrected chi connectivity index (χ1v) is 5.19. The highest BCUT2D eigenvalue weighted by Gasteiger charge is 1.90. The fraction of sp³-hybridized carbons (Fsp3) is 0.333. The van der Waals surface area contributed by atoms with Gasteiger partial charge in [0.15, 0.2) is 0 Å². The Hall–Kier alpha value is -0.790. The van der Waals surface area contributed by atoms with Crippen LogP contribution in [0.15, 0.2) is 42.0 Å². The van der Waals surface area contributed by atoms with Gasteiger partial charge in [0.05, 0.1) is 13.2 Å². The van der Waals surface area contributed by atoms with E-state index in [0.29, 0.717) is 19.1 Å². The van der Waals surface area contributed by atoms with Gasteiger partial charge < -0.3 is 4.74 Å². The highest BCUT2D eigenvalue weighted by Crippen LogP contribution is 2.01. The van der Waals surface area contributed by atoms with Crippen molar-refractivity contribution in [2.45, 2.75) is 13.5 Å². The highest BCUT2D eigenvalue weighted by atomic mass is 35.5. The van der Waals surface area contributed by atoms with E-state index < -0.39 is 0 Å². The molecule has 0 N–H and O–H groups in total. The highest BCUT2D eigenvalue weighted by molar-refractivity contribution is 6.19. The van der Waals surface area contributed by atoms with E-state index in [9.17, 15) is 0 Å². The first-order valence-electron chi connectivity index (χ1n) is 4.66. The zero-order valence-electron chi connectivity index (χ0n) is 8.37. The lowest BCUT2D eigenvalue weighted by Gasteiger charge is -2.01. The van der Waals surface area contributed by atoms with Crippen LogP contribution < -0.4 is 0 Å². The van der Waals surface area contributed by atoms with Crippen molar-refractivity contribution >= 4 is 11.6 Å². The van der Waals surface area contributed by atoms with Crippen molar-refractivity contribution < 1.29 is 4.74 Å². The maximum Gasteiger partial charge on any atom is 0.0721 e. The van der Waals surface area contributed by atoms with Crippen LogP contribution >= 0.6 is 11.6 Å². The molecule has 76 valence electrons. The Balaban J connectivity index is 2.23. The van der Waals surface area contributed by atoms with E-state index in [2.05, 4.69) is 12.1 Å². The van der Waals surface area contributed by atoms with Gasteiger partial charge in [-0.1, -0.05) is 42.0 Å². The number of benzene rings is 1. The largest absolute Gasteiger partial charge is 0.373 e. The van der Waals surface area contributed by atoms with E-state index in [1.54, 1.807) is 0 Å². The van der Waals surface area contributed by atoms with Crippen LogP contribution in [0.1, 0.15) is 12.5 Å². The van der Waals surface area contributed by atoms with Crippen LogP contribution in [0.4, 0.5) is 0 Å². The quantitative estimate of drug-likeness (QED) is 0.411. The lowest BCUT2D eigenvalue weighted by molar-refractivity contribution is 0.148. The van der Waals surface area contributed by atoms with E-state index in [0.717, 1.165) is 5.57 Å². The molecule has 0 bridgehead atoms. The Morgan fingerprint density at radius 2 is 2.07 bits per heavy atom. The summed E-state index contributed by atoms with van der Waals surface area (Å²) in [7, 11) is 0. The molecule has 0 fully saturated rings. The summed E-state index contributed by atoms with van der Waals surface area (Å²) in [5, 5.41) is 0. The van der Waals surface area contributed by atoms with Crippen molar-refractivity contribution in [3.05, 3.63) is 47.5 Å². The van der Waals surface area contributed by atoms with Crippen molar-refractivity contribution in [2.24, 2.45) is 0 Å². The van der Waals surface area contributed by atoms with Crippen molar-refractivity contribution in [1.82, 2.24) is 0 Å². The third-order valence-electron chi connectivity index (χ3n) is 1.87. The second kappa shape index (κ2) is 6.63. The lowest BCUT2D eigenvalue weighted by Crippen LogP contribution is -1.93. The van der Waals surface area contributed by atoms with Crippen LogP contribution in [0.2, 0.25) is 0 Å². The van der Waals surface area contributed by atoms with Crippen LogP contribution in [0, 0.1) is 0 Å². The summed E-state index contributed by atoms with van der Waals surface area (Å²) in [6, 6.07) is 10.1. The summed E-state index contributed by atoms with van der Waals surface area (Å²) < 4.78 is 5.46. The Labute approximate surface area is 90.3 Å². The maximum atomic E-state index is 5.62. The number of hydrogen-bond donors (Lipinski definition) is 0. The Morgan fingerprint density at radius 3 is 2.71 bits per heavy atom. The predicted molar refractivity (Wildman–Crippen MR) is 60.6 cm³/mol. The van der Waals surface area contributed by atoms with Crippen LogP contribution in [0.25, 0.3) is 0 Å². The summed E-state index contributed by atoms with van der Waals surface area (Å²) in [5.41, 5.74) is 2.35. The minimum Gasteiger partial charge on any atom is -0.373 e. The minimum atomic E-state index is 0.578. The van der Waals surface area contributed by atoms with E-state index in [-0.39, 0.29) is 0 Å². The second-order valence-corrected chi connectivity index (χ2v) is 3.45. The van der Waals surface area contributed by atoms with Crippen molar-refractivity contribution in [3.63, 3.8) is 0 Å². The predicted octanol–water partition coefficient (Wildman–Crippen LogP) is 3.39. The molecule has 1 aromatic rings. The molecule has 1 nitrogen and oxygen atoms in total. The summed E-state index contributed by atoms with van der Waals surface area (Å²) in [6.45, 7) is 3.29. The molecular formula is C12H15ClO. The molecule has 0 unspecified atom stereocenters. The van der Waals surface area contributed by atoms with Crippen LogP contribution in [0.5, 0.6) is 0 Å². The van der Waals surface area contributed by atoms with Crippen LogP contribution in [-0.4, -0.2) is 12.5 Å². The number of allylic oxidation sites excluding steroid dienone is 1. The molecule has 0 spiro atoms. The smallest absolute Gasteiger partial charge is 0.0721 e. The molecule has 0 heterocycles. The summed E-state index contributed by atoms with van der Waals surface area (Å²) >= 11 is 5.62. The topological polar surface area (TPSA) is 9.23 Å². The zero-order chi connectivity index (χ0) is 10.2. The van der Waals surface area contributed by atoms with Gasteiger partial charge in [0.2, 0.25) is 0 Å². The molecule has 0 aromatic heterocycles. The van der Waals surface area contributed by atoms with Gasteiger partial charge in [0, 0.05) is 5.88 Å². The first-order chi connectivity index (χ1) is 6.83. The van der Waals surface area contributed by atoms with Crippen molar-refractivity contribution in [2.75, 3.05) is 12.5 Å². The molecule has 0 radical (unpaired) electrons. The van der Waals surface area contributed by atoms with Crippen molar-refractivity contribution in [3.8, 4) is 0 Å². The van der Waals surface area contributed by atoms with Gasteiger partial charge in [-0.25, -0.2) is 0 Å². The normalized spacial score (nSPS) is 11.7. The number of rotatable bonds is 5. The molecule has 2 heteroatoms. The van der Waals surface area contributed by atoms with Gasteiger partial charge in [-0.3, -0.25) is 0 Å². The van der Waals surface area contributed by atoms with Gasteiger partial charge in [-0.15, -0.1) is 11.6 Å². The Kier molecular flexibility index (Phi) is 5.35. The summed E-state index contributed by atoms with van der Waals surface area (Å²) in [6.07, 6.45) is 2.01. The summed E-state index contributed by atoms with van der Waals surface area (Å²) in [4.78, 5) is 0. The number of halogens is 1. The molecular weight excluding hydrogens is 196 g/mol. The molecule has 14 heavy (non-hydrogen) atoms. The van der Waals surface area contributed by atoms with E-state index in [1.165, 1.54) is 5.56 Å². The van der Waals surface area contributed by atoms with Gasteiger partial charge in [0.25, 0.3) is 0 Å². The Bertz CT molecular complexity index is 280. The lowest BCUT2D eigenvalue weighted by atomic mass is 10.2. The number of alkyl halides is 1. The van der Waals surface area contributed by atoms with Crippen LogP contribution in [-0.2, 0) is 11.3 Å². The molecule has 0 aliphatic rings. The van der Waals surface area contributed by atoms with Gasteiger partial charge in [-0.2, -0.15) is 0 Å². The monoisotopic (exact) mass is 210 g/mol. The first kappa shape index (κ1) is 11.3. The molecule has 1 aromatic carbocycles. The van der Waals surface area contributed by atoms with Gasteiger partial charge in [-0.05, 0) is 12.5 Å². The average molecular weight is 211 g/mol. The third-order valence-corrected chi connectivity index (χ3v) is 2.29. The maximum absolute atomic E-state index is 5.62. The molecule has 0 aliphatic heterocycles. The van der Waals surface area contributed by atoms with Gasteiger partial charge in [0.1, 0.15) is 0 Å². The fourth-order valence-corrected chi connectivity index (χ4v) is 1.12. The van der Waals surface area contributed by atoms with E-state index in [4.69, 9.17) is 16.3 Å². The minimum absolute atomic E-state index is 0.578. The molecule has 0 saturated carbocycles. The van der Waals surface area contributed by atoms with Crippen LogP contribution in [0.3, 0.4) is 0 Å². The molecule has 0 atom stereocenters. The third kappa shape index (κ3) is 4.45.